The van der Waals surface area contributed by atoms with Crippen molar-refractivity contribution in [3.63, 3.8) is 0 Å². The molecule has 12 heavy (non-hydrogen) atoms. The Bertz CT molecular complexity index is 226. The highest BCUT2D eigenvalue weighted by molar-refractivity contribution is 5.17. The van der Waals surface area contributed by atoms with Gasteiger partial charge in [0.1, 0.15) is 0 Å². The number of hydrogen-bond donors (Lipinski definition) is 0. The molecule has 2 aliphatic carbocycles. The molecular weight excluding hydrogens is 144 g/mol. The minimum Gasteiger partial charge on any atom is -0.103 e. The molecule has 0 aromatic carbocycles. The summed E-state index contributed by atoms with van der Waals surface area (Å²) in [6, 6.07) is 0. The summed E-state index contributed by atoms with van der Waals surface area (Å²) in [4.78, 5) is 0. The fourth-order valence-electron chi connectivity index (χ4n) is 3.30. The normalized spacial score (nSPS) is 46.2. The van der Waals surface area contributed by atoms with Crippen molar-refractivity contribution >= 4 is 0 Å². The Hall–Kier alpha value is -0.520. The van der Waals surface area contributed by atoms with Gasteiger partial charge in [-0.1, -0.05) is 25.2 Å². The van der Waals surface area contributed by atoms with Gasteiger partial charge in [0.15, 0.2) is 0 Å². The van der Waals surface area contributed by atoms with E-state index in [9.17, 15) is 0 Å². The smallest absolute Gasteiger partial charge is 0.0176 e. The lowest BCUT2D eigenvalue weighted by atomic mass is 9.75. The van der Waals surface area contributed by atoms with Gasteiger partial charge in [-0.3, -0.25) is 0 Å². The molecule has 3 atom stereocenters. The molecule has 0 bridgehead atoms. The maximum Gasteiger partial charge on any atom is -0.0176 e. The zero-order valence-electron chi connectivity index (χ0n) is 7.97. The molecule has 0 radical (unpaired) electrons. The van der Waals surface area contributed by atoms with Crippen LogP contribution in [-0.4, -0.2) is 0 Å². The second kappa shape index (κ2) is 2.48. The zero-order valence-corrected chi connectivity index (χ0v) is 7.97. The number of fused-ring (bicyclic) bond motifs is 1. The molecule has 2 fully saturated rings. The van der Waals surface area contributed by atoms with Gasteiger partial charge in [-0.05, 0) is 42.9 Å². The van der Waals surface area contributed by atoms with Crippen molar-refractivity contribution in [3.8, 4) is 0 Å². The van der Waals surface area contributed by atoms with E-state index in [0.717, 1.165) is 11.8 Å². The van der Waals surface area contributed by atoms with Gasteiger partial charge < -0.3 is 0 Å². The summed E-state index contributed by atoms with van der Waals surface area (Å²) in [6.07, 6.45) is 7.44. The number of rotatable bonds is 1. The van der Waals surface area contributed by atoms with E-state index in [0.29, 0.717) is 5.41 Å². The van der Waals surface area contributed by atoms with Gasteiger partial charge in [-0.25, -0.2) is 0 Å². The maximum atomic E-state index is 4.12. The summed E-state index contributed by atoms with van der Waals surface area (Å²) in [5.41, 5.74) is 1.99. The van der Waals surface area contributed by atoms with Crippen molar-refractivity contribution in [3.05, 3.63) is 24.8 Å². The third kappa shape index (κ3) is 0.903. The topological polar surface area (TPSA) is 0 Å². The minimum absolute atomic E-state index is 0.527. The average Bonchev–Trinajstić information content (AvgIpc) is 2.41. The second-order valence-electron chi connectivity index (χ2n) is 4.75. The Morgan fingerprint density at radius 3 is 2.92 bits per heavy atom. The van der Waals surface area contributed by atoms with Gasteiger partial charge in [-0.15, -0.1) is 6.58 Å². The van der Waals surface area contributed by atoms with E-state index in [1.807, 2.05) is 0 Å². The van der Waals surface area contributed by atoms with Gasteiger partial charge in [0.25, 0.3) is 0 Å². The van der Waals surface area contributed by atoms with E-state index in [1.54, 1.807) is 0 Å². The predicted molar refractivity (Wildman–Crippen MR) is 52.9 cm³/mol. The SMILES string of the molecule is C=C[C@H]1CC[C@H]2CC(=C)C[C@@]21C. The quantitative estimate of drug-likeness (QED) is 0.517. The monoisotopic (exact) mass is 162 g/mol. The van der Waals surface area contributed by atoms with Crippen LogP contribution in [0.3, 0.4) is 0 Å². The molecule has 0 saturated heterocycles. The Labute approximate surface area is 75.4 Å². The van der Waals surface area contributed by atoms with Gasteiger partial charge in [0.2, 0.25) is 0 Å². The van der Waals surface area contributed by atoms with E-state index in [4.69, 9.17) is 0 Å². The molecule has 0 unspecified atom stereocenters. The summed E-state index contributed by atoms with van der Waals surface area (Å²) < 4.78 is 0. The molecule has 0 heterocycles. The van der Waals surface area contributed by atoms with E-state index in [-0.39, 0.29) is 0 Å². The average molecular weight is 162 g/mol. The molecule has 0 aromatic heterocycles. The third-order valence-electron chi connectivity index (χ3n) is 4.06. The molecule has 66 valence electrons. The second-order valence-corrected chi connectivity index (χ2v) is 4.75. The Morgan fingerprint density at radius 2 is 2.25 bits per heavy atom. The van der Waals surface area contributed by atoms with Crippen LogP contribution in [0.5, 0.6) is 0 Å². The Balaban J connectivity index is 2.27. The van der Waals surface area contributed by atoms with Crippen molar-refractivity contribution in [2.75, 3.05) is 0 Å². The lowest BCUT2D eigenvalue weighted by Crippen LogP contribution is -2.22. The zero-order chi connectivity index (χ0) is 8.77. The summed E-state index contributed by atoms with van der Waals surface area (Å²) in [7, 11) is 0. The van der Waals surface area contributed by atoms with Crippen LogP contribution in [0.2, 0.25) is 0 Å². The minimum atomic E-state index is 0.527. The van der Waals surface area contributed by atoms with Gasteiger partial charge in [0, 0.05) is 0 Å². The van der Waals surface area contributed by atoms with Crippen molar-refractivity contribution in [1.82, 2.24) is 0 Å². The summed E-state index contributed by atoms with van der Waals surface area (Å²) in [6.45, 7) is 10.5. The largest absolute Gasteiger partial charge is 0.103 e. The van der Waals surface area contributed by atoms with Crippen molar-refractivity contribution in [2.45, 2.75) is 32.6 Å². The highest BCUT2D eigenvalue weighted by Gasteiger charge is 2.48. The number of hydrogen-bond acceptors (Lipinski definition) is 0. The van der Waals surface area contributed by atoms with Gasteiger partial charge in [0.05, 0.1) is 0 Å². The van der Waals surface area contributed by atoms with Crippen LogP contribution in [0, 0.1) is 17.3 Å². The van der Waals surface area contributed by atoms with E-state index in [2.05, 4.69) is 26.2 Å². The lowest BCUT2D eigenvalue weighted by Gasteiger charge is -2.29. The van der Waals surface area contributed by atoms with Crippen molar-refractivity contribution < 1.29 is 0 Å². The molecule has 0 aromatic rings. The van der Waals surface area contributed by atoms with Gasteiger partial charge >= 0.3 is 0 Å². The van der Waals surface area contributed by atoms with Crippen LogP contribution in [0.4, 0.5) is 0 Å². The summed E-state index contributed by atoms with van der Waals surface area (Å²) in [5, 5.41) is 0. The molecular formula is C12H18. The molecule has 2 saturated carbocycles. The van der Waals surface area contributed by atoms with E-state index in [1.165, 1.54) is 31.3 Å². The third-order valence-corrected chi connectivity index (χ3v) is 4.06. The first-order valence-corrected chi connectivity index (χ1v) is 4.96. The molecule has 0 nitrogen and oxygen atoms in total. The highest BCUT2D eigenvalue weighted by Crippen LogP contribution is 2.58. The first-order valence-electron chi connectivity index (χ1n) is 4.96. The first kappa shape index (κ1) is 8.10. The fraction of sp³-hybridized carbons (Fsp3) is 0.667. The van der Waals surface area contributed by atoms with Crippen molar-refractivity contribution in [1.29, 1.82) is 0 Å². The van der Waals surface area contributed by atoms with Crippen LogP contribution < -0.4 is 0 Å². The number of allylic oxidation sites excluding steroid dienone is 2. The molecule has 0 N–H and O–H groups in total. The van der Waals surface area contributed by atoms with Crippen LogP contribution in [0.25, 0.3) is 0 Å². The first-order chi connectivity index (χ1) is 5.66. The van der Waals surface area contributed by atoms with E-state index < -0.39 is 0 Å². The molecule has 0 aliphatic heterocycles. The molecule has 0 heteroatoms. The summed E-state index contributed by atoms with van der Waals surface area (Å²) in [5.74, 6) is 1.66. The highest BCUT2D eigenvalue weighted by atomic mass is 14.5. The maximum absolute atomic E-state index is 4.12. The Kier molecular flexibility index (Phi) is 1.67. The standard InChI is InChI=1S/C12H18/c1-4-10-5-6-11-7-9(2)8-12(10,11)3/h4,10-11H,1-2,5-8H2,3H3/t10-,11-,12+/m0/s1. The van der Waals surface area contributed by atoms with Crippen molar-refractivity contribution in [2.24, 2.45) is 17.3 Å². The molecule has 0 amide bonds. The van der Waals surface area contributed by atoms with Gasteiger partial charge in [-0.2, -0.15) is 0 Å². The van der Waals surface area contributed by atoms with Crippen LogP contribution in [0.1, 0.15) is 32.6 Å². The Morgan fingerprint density at radius 1 is 1.50 bits per heavy atom. The van der Waals surface area contributed by atoms with E-state index >= 15 is 0 Å². The molecule has 2 aliphatic rings. The fourth-order valence-corrected chi connectivity index (χ4v) is 3.30. The van der Waals surface area contributed by atoms with Crippen LogP contribution >= 0.6 is 0 Å². The van der Waals surface area contributed by atoms with Crippen LogP contribution in [0.15, 0.2) is 24.8 Å². The molecule has 0 spiro atoms. The summed E-state index contributed by atoms with van der Waals surface area (Å²) >= 11 is 0. The lowest BCUT2D eigenvalue weighted by molar-refractivity contribution is 0.229. The molecule has 2 rings (SSSR count). The van der Waals surface area contributed by atoms with Crippen LogP contribution in [-0.2, 0) is 0 Å². The predicted octanol–water partition coefficient (Wildman–Crippen LogP) is 3.55.